The number of ether oxygens (including phenoxy) is 1. The molecule has 0 atom stereocenters. The zero-order valence-electron chi connectivity index (χ0n) is 14.4. The molecule has 0 aliphatic rings. The van der Waals surface area contributed by atoms with Crippen LogP contribution in [-0.2, 0) is 14.9 Å². The van der Waals surface area contributed by atoms with Crippen molar-refractivity contribution in [3.05, 3.63) is 59.5 Å². The molecule has 2 heterocycles. The standard InChI is InChI=1S/C18H16N2O5S/c1-11-6-8-13(9-7-11)26(22,23)25-17-15-14(5-4-10-19-15)12(2)20-16(17)18(21)24-3/h4-10H,1-3H3. The highest BCUT2D eigenvalue weighted by Gasteiger charge is 2.26. The van der Waals surface area contributed by atoms with Crippen LogP contribution < -0.4 is 4.18 Å². The molecule has 26 heavy (non-hydrogen) atoms. The molecule has 2 aromatic heterocycles. The molecule has 0 saturated carbocycles. The largest absolute Gasteiger partial charge is 0.464 e. The number of esters is 1. The summed E-state index contributed by atoms with van der Waals surface area (Å²) in [7, 11) is -3.01. The average Bonchev–Trinajstić information content (AvgIpc) is 2.63. The van der Waals surface area contributed by atoms with Gasteiger partial charge in [-0.1, -0.05) is 17.7 Å². The molecule has 7 nitrogen and oxygen atoms in total. The van der Waals surface area contributed by atoms with Crippen LogP contribution in [-0.4, -0.2) is 31.5 Å². The topological polar surface area (TPSA) is 95.4 Å². The maximum Gasteiger partial charge on any atom is 0.360 e. The number of aromatic nitrogens is 2. The number of benzene rings is 1. The summed E-state index contributed by atoms with van der Waals surface area (Å²) >= 11 is 0. The second kappa shape index (κ2) is 6.72. The summed E-state index contributed by atoms with van der Waals surface area (Å²) in [5.74, 6) is -1.06. The lowest BCUT2D eigenvalue weighted by Gasteiger charge is -2.13. The third-order valence-corrected chi connectivity index (χ3v) is 5.02. The molecule has 0 unspecified atom stereocenters. The summed E-state index contributed by atoms with van der Waals surface area (Å²) in [5, 5.41) is 0.578. The van der Waals surface area contributed by atoms with Gasteiger partial charge >= 0.3 is 16.1 Å². The van der Waals surface area contributed by atoms with Gasteiger partial charge in [0.25, 0.3) is 0 Å². The van der Waals surface area contributed by atoms with E-state index in [1.54, 1.807) is 31.2 Å². The van der Waals surface area contributed by atoms with Crippen LogP contribution in [0.5, 0.6) is 5.75 Å². The monoisotopic (exact) mass is 372 g/mol. The van der Waals surface area contributed by atoms with Crippen molar-refractivity contribution in [2.45, 2.75) is 18.7 Å². The number of hydrogen-bond acceptors (Lipinski definition) is 7. The fraction of sp³-hybridized carbons (Fsp3) is 0.167. The summed E-state index contributed by atoms with van der Waals surface area (Å²) in [6, 6.07) is 9.58. The van der Waals surface area contributed by atoms with Crippen LogP contribution in [0.15, 0.2) is 47.5 Å². The Morgan fingerprint density at radius 3 is 2.42 bits per heavy atom. The lowest BCUT2D eigenvalue weighted by atomic mass is 10.1. The van der Waals surface area contributed by atoms with Gasteiger partial charge in [-0.2, -0.15) is 8.42 Å². The molecule has 0 radical (unpaired) electrons. The lowest BCUT2D eigenvalue weighted by Crippen LogP contribution is -2.15. The smallest absolute Gasteiger partial charge is 0.360 e. The minimum Gasteiger partial charge on any atom is -0.464 e. The van der Waals surface area contributed by atoms with Gasteiger partial charge in [0.2, 0.25) is 5.75 Å². The van der Waals surface area contributed by atoms with Crippen molar-refractivity contribution in [1.82, 2.24) is 9.97 Å². The van der Waals surface area contributed by atoms with E-state index in [4.69, 9.17) is 8.92 Å². The van der Waals surface area contributed by atoms with Crippen LogP contribution in [0.2, 0.25) is 0 Å². The number of aryl methyl sites for hydroxylation is 2. The van der Waals surface area contributed by atoms with Crippen molar-refractivity contribution >= 4 is 27.0 Å². The Bertz CT molecular complexity index is 1090. The van der Waals surface area contributed by atoms with Crippen molar-refractivity contribution in [3.63, 3.8) is 0 Å². The van der Waals surface area contributed by atoms with Crippen molar-refractivity contribution in [1.29, 1.82) is 0 Å². The second-order valence-corrected chi connectivity index (χ2v) is 7.16. The minimum absolute atomic E-state index is 0.0384. The van der Waals surface area contributed by atoms with E-state index in [0.29, 0.717) is 11.1 Å². The van der Waals surface area contributed by atoms with Crippen molar-refractivity contribution in [3.8, 4) is 5.75 Å². The van der Waals surface area contributed by atoms with Gasteiger partial charge in [0.15, 0.2) is 5.69 Å². The minimum atomic E-state index is -4.19. The third kappa shape index (κ3) is 3.23. The molecule has 0 aliphatic heterocycles. The molecule has 0 spiro atoms. The number of fused-ring (bicyclic) bond motifs is 1. The van der Waals surface area contributed by atoms with E-state index in [9.17, 15) is 13.2 Å². The Morgan fingerprint density at radius 2 is 1.77 bits per heavy atom. The summed E-state index contributed by atoms with van der Waals surface area (Å²) in [6.45, 7) is 3.53. The van der Waals surface area contributed by atoms with E-state index in [2.05, 4.69) is 9.97 Å². The molecule has 0 saturated heterocycles. The number of carbonyl (C=O) groups is 1. The first-order valence-electron chi connectivity index (χ1n) is 7.68. The molecule has 0 bridgehead atoms. The van der Waals surface area contributed by atoms with E-state index in [1.807, 2.05) is 6.92 Å². The third-order valence-electron chi connectivity index (χ3n) is 3.79. The van der Waals surface area contributed by atoms with Crippen LogP contribution in [0.4, 0.5) is 0 Å². The Morgan fingerprint density at radius 1 is 1.08 bits per heavy atom. The molecule has 0 aliphatic carbocycles. The van der Waals surface area contributed by atoms with E-state index < -0.39 is 16.1 Å². The first-order chi connectivity index (χ1) is 12.3. The quantitative estimate of drug-likeness (QED) is 0.513. The first-order valence-corrected chi connectivity index (χ1v) is 9.09. The SMILES string of the molecule is COC(=O)c1nc(C)c2cccnc2c1OS(=O)(=O)c1ccc(C)cc1. The number of methoxy groups -OCH3 is 1. The molecular weight excluding hydrogens is 356 g/mol. The van der Waals surface area contributed by atoms with Crippen molar-refractivity contribution in [2.75, 3.05) is 7.11 Å². The predicted molar refractivity (Wildman–Crippen MR) is 94.6 cm³/mol. The van der Waals surface area contributed by atoms with Crippen molar-refractivity contribution in [2.24, 2.45) is 0 Å². The molecule has 0 N–H and O–H groups in total. The highest BCUT2D eigenvalue weighted by atomic mass is 32.2. The lowest BCUT2D eigenvalue weighted by molar-refractivity contribution is 0.0592. The predicted octanol–water partition coefficient (Wildman–Crippen LogP) is 2.80. The van der Waals surface area contributed by atoms with Gasteiger partial charge in [-0.15, -0.1) is 0 Å². The molecule has 134 valence electrons. The Balaban J connectivity index is 2.21. The highest BCUT2D eigenvalue weighted by Crippen LogP contribution is 2.31. The van der Waals surface area contributed by atoms with Gasteiger partial charge in [0.05, 0.1) is 7.11 Å². The number of carbonyl (C=O) groups excluding carboxylic acids is 1. The van der Waals surface area contributed by atoms with E-state index in [1.165, 1.54) is 25.4 Å². The number of pyridine rings is 2. The normalized spacial score (nSPS) is 11.3. The molecular formula is C18H16N2O5S. The van der Waals surface area contributed by atoms with Crippen LogP contribution in [0.3, 0.4) is 0 Å². The van der Waals surface area contributed by atoms with E-state index in [0.717, 1.165) is 5.56 Å². The fourth-order valence-electron chi connectivity index (χ4n) is 2.45. The van der Waals surface area contributed by atoms with Gasteiger partial charge in [0, 0.05) is 17.3 Å². The number of nitrogens with zero attached hydrogens (tertiary/aromatic N) is 2. The van der Waals surface area contributed by atoms with Gasteiger partial charge < -0.3 is 8.92 Å². The van der Waals surface area contributed by atoms with Crippen LogP contribution in [0.25, 0.3) is 10.9 Å². The first kappa shape index (κ1) is 17.8. The van der Waals surface area contributed by atoms with Crippen molar-refractivity contribution < 1.29 is 22.1 Å². The van der Waals surface area contributed by atoms with Gasteiger partial charge in [0.1, 0.15) is 10.4 Å². The zero-order chi connectivity index (χ0) is 18.9. The molecule has 0 fully saturated rings. The van der Waals surface area contributed by atoms with Gasteiger partial charge in [-0.05, 0) is 38.1 Å². The number of hydrogen-bond donors (Lipinski definition) is 0. The molecule has 3 aromatic rings. The molecule has 0 amide bonds. The molecule has 1 aromatic carbocycles. The van der Waals surface area contributed by atoms with Gasteiger partial charge in [-0.3, -0.25) is 4.98 Å². The van der Waals surface area contributed by atoms with Crippen LogP contribution in [0.1, 0.15) is 21.7 Å². The van der Waals surface area contributed by atoms with Crippen LogP contribution >= 0.6 is 0 Å². The Labute approximate surface area is 150 Å². The summed E-state index contributed by atoms with van der Waals surface area (Å²) < 4.78 is 35.4. The Kier molecular flexibility index (Phi) is 4.60. The summed E-state index contributed by atoms with van der Waals surface area (Å²) in [6.07, 6.45) is 1.48. The molecule has 3 rings (SSSR count). The van der Waals surface area contributed by atoms with Crippen LogP contribution in [0, 0.1) is 13.8 Å². The molecule has 8 heteroatoms. The van der Waals surface area contributed by atoms with E-state index in [-0.39, 0.29) is 21.9 Å². The zero-order valence-corrected chi connectivity index (χ0v) is 15.2. The van der Waals surface area contributed by atoms with Gasteiger partial charge in [-0.25, -0.2) is 9.78 Å². The second-order valence-electron chi connectivity index (χ2n) is 5.62. The maximum absolute atomic E-state index is 12.7. The average molecular weight is 372 g/mol. The van der Waals surface area contributed by atoms with E-state index >= 15 is 0 Å². The fourth-order valence-corrected chi connectivity index (χ4v) is 3.39. The number of rotatable bonds is 4. The Hall–Kier alpha value is -3.00. The summed E-state index contributed by atoms with van der Waals surface area (Å²) in [5.41, 5.74) is 1.39. The highest BCUT2D eigenvalue weighted by molar-refractivity contribution is 7.87. The maximum atomic E-state index is 12.7. The summed E-state index contributed by atoms with van der Waals surface area (Å²) in [4.78, 5) is 20.4.